The number of anilines is 1. The lowest BCUT2D eigenvalue weighted by atomic mass is 10.1. The number of ether oxygens (including phenoxy) is 1. The van der Waals surface area contributed by atoms with Gasteiger partial charge in [-0.05, 0) is 62.6 Å². The second-order valence-corrected chi connectivity index (χ2v) is 7.78. The Bertz CT molecular complexity index is 1000. The number of nitrogens with zero attached hydrogens (tertiary/aromatic N) is 3. The number of nitrogens with one attached hydrogen (secondary N) is 1. The number of thioether (sulfide) groups is 1. The predicted molar refractivity (Wildman–Crippen MR) is 116 cm³/mol. The van der Waals surface area contributed by atoms with Crippen molar-refractivity contribution in [1.82, 2.24) is 14.8 Å². The summed E-state index contributed by atoms with van der Waals surface area (Å²) < 4.78 is 7.87. The van der Waals surface area contributed by atoms with Crippen LogP contribution in [-0.4, -0.2) is 26.4 Å². The minimum absolute atomic E-state index is 0.0679. The molecule has 1 heterocycles. The molecule has 1 aromatic heterocycles. The number of hydrogen-bond donors (Lipinski definition) is 1. The maximum Gasteiger partial charge on any atom is 0.234 e. The van der Waals surface area contributed by atoms with E-state index >= 15 is 0 Å². The summed E-state index contributed by atoms with van der Waals surface area (Å²) in [5, 5.41) is 12.1. The van der Waals surface area contributed by atoms with Crippen LogP contribution in [-0.2, 0) is 17.9 Å². The highest BCUT2D eigenvalue weighted by Crippen LogP contribution is 2.21. The van der Waals surface area contributed by atoms with Gasteiger partial charge in [0.05, 0.1) is 5.75 Å². The second-order valence-electron chi connectivity index (χ2n) is 6.83. The number of rotatable bonds is 8. The van der Waals surface area contributed by atoms with Crippen molar-refractivity contribution in [3.05, 3.63) is 65.0 Å². The minimum Gasteiger partial charge on any atom is -0.485 e. The van der Waals surface area contributed by atoms with Crippen molar-refractivity contribution in [3.8, 4) is 5.75 Å². The van der Waals surface area contributed by atoms with Crippen LogP contribution in [0.15, 0.2) is 47.6 Å². The van der Waals surface area contributed by atoms with Gasteiger partial charge in [0, 0.05) is 12.2 Å². The highest BCUT2D eigenvalue weighted by Gasteiger charge is 2.14. The first kappa shape index (κ1) is 20.9. The Morgan fingerprint density at radius 2 is 1.86 bits per heavy atom. The van der Waals surface area contributed by atoms with Gasteiger partial charge in [-0.15, -0.1) is 10.2 Å². The lowest BCUT2D eigenvalue weighted by Crippen LogP contribution is -2.15. The van der Waals surface area contributed by atoms with Gasteiger partial charge in [0.25, 0.3) is 0 Å². The van der Waals surface area contributed by atoms with Gasteiger partial charge >= 0.3 is 0 Å². The molecule has 1 N–H and O–H groups in total. The molecule has 0 fully saturated rings. The average Bonchev–Trinajstić information content (AvgIpc) is 3.10. The molecule has 0 saturated heterocycles. The number of carbonyl (C=O) groups excluding carboxylic acids is 1. The quantitative estimate of drug-likeness (QED) is 0.553. The van der Waals surface area contributed by atoms with Crippen molar-refractivity contribution in [3.63, 3.8) is 0 Å². The summed E-state index contributed by atoms with van der Waals surface area (Å²) in [5.41, 5.74) is 4.24. The molecule has 0 aliphatic heterocycles. The van der Waals surface area contributed by atoms with Crippen LogP contribution in [0, 0.1) is 20.8 Å². The van der Waals surface area contributed by atoms with Crippen LogP contribution < -0.4 is 10.1 Å². The maximum atomic E-state index is 12.3. The van der Waals surface area contributed by atoms with Crippen LogP contribution in [0.2, 0.25) is 0 Å². The lowest BCUT2D eigenvalue weighted by molar-refractivity contribution is -0.113. The van der Waals surface area contributed by atoms with Gasteiger partial charge in [-0.25, -0.2) is 0 Å². The summed E-state index contributed by atoms with van der Waals surface area (Å²) in [5.74, 6) is 1.78. The molecule has 2 aromatic carbocycles. The topological polar surface area (TPSA) is 69.0 Å². The largest absolute Gasteiger partial charge is 0.485 e. The predicted octanol–water partition coefficient (Wildman–Crippen LogP) is 4.53. The molecular formula is C22H26N4O2S. The Morgan fingerprint density at radius 3 is 2.59 bits per heavy atom. The molecular weight excluding hydrogens is 384 g/mol. The molecule has 0 bridgehead atoms. The van der Waals surface area contributed by atoms with Crippen LogP contribution in [0.1, 0.15) is 29.4 Å². The molecule has 29 heavy (non-hydrogen) atoms. The van der Waals surface area contributed by atoms with Crippen molar-refractivity contribution in [2.75, 3.05) is 11.1 Å². The molecule has 6 nitrogen and oxygen atoms in total. The summed E-state index contributed by atoms with van der Waals surface area (Å²) in [6, 6.07) is 13.8. The zero-order chi connectivity index (χ0) is 20.8. The van der Waals surface area contributed by atoms with E-state index in [2.05, 4.69) is 22.4 Å². The number of benzene rings is 2. The van der Waals surface area contributed by atoms with E-state index in [9.17, 15) is 4.79 Å². The third-order valence-corrected chi connectivity index (χ3v) is 5.65. The van der Waals surface area contributed by atoms with Crippen molar-refractivity contribution < 1.29 is 9.53 Å². The van der Waals surface area contributed by atoms with Gasteiger partial charge in [-0.3, -0.25) is 4.79 Å². The number of para-hydroxylation sites is 1. The molecule has 0 aliphatic carbocycles. The fourth-order valence-corrected chi connectivity index (χ4v) is 3.68. The third-order valence-electron chi connectivity index (χ3n) is 4.68. The molecule has 1 amide bonds. The van der Waals surface area contributed by atoms with Gasteiger partial charge in [0.2, 0.25) is 5.91 Å². The average molecular weight is 411 g/mol. The molecule has 0 aliphatic rings. The summed E-state index contributed by atoms with van der Waals surface area (Å²) in [4.78, 5) is 12.3. The number of carbonyl (C=O) groups is 1. The summed E-state index contributed by atoms with van der Waals surface area (Å²) in [6.45, 7) is 9.16. The fourth-order valence-electron chi connectivity index (χ4n) is 2.86. The van der Waals surface area contributed by atoms with E-state index in [0.717, 1.165) is 28.4 Å². The monoisotopic (exact) mass is 410 g/mol. The van der Waals surface area contributed by atoms with Crippen LogP contribution in [0.25, 0.3) is 0 Å². The van der Waals surface area contributed by atoms with E-state index < -0.39 is 0 Å². The molecule has 3 rings (SSSR count). The molecule has 0 radical (unpaired) electrons. The molecule has 0 spiro atoms. The minimum atomic E-state index is -0.0679. The number of aryl methyl sites for hydroxylation is 3. The molecule has 0 unspecified atom stereocenters. The van der Waals surface area contributed by atoms with Gasteiger partial charge in [-0.2, -0.15) is 0 Å². The Morgan fingerprint density at radius 1 is 1.07 bits per heavy atom. The SMILES string of the molecule is CCn1c(COc2ccccc2C)nnc1SCC(=O)Nc1ccc(C)c(C)c1. The van der Waals surface area contributed by atoms with Crippen molar-refractivity contribution in [2.45, 2.75) is 46.0 Å². The van der Waals surface area contributed by atoms with E-state index in [-0.39, 0.29) is 11.7 Å². The van der Waals surface area contributed by atoms with Crippen LogP contribution >= 0.6 is 11.8 Å². The van der Waals surface area contributed by atoms with E-state index in [1.807, 2.05) is 67.8 Å². The number of amides is 1. The molecule has 152 valence electrons. The third kappa shape index (κ3) is 5.38. The van der Waals surface area contributed by atoms with E-state index in [1.54, 1.807) is 0 Å². The Kier molecular flexibility index (Phi) is 6.93. The molecule has 0 saturated carbocycles. The molecule has 0 atom stereocenters. The van der Waals surface area contributed by atoms with Gasteiger partial charge in [0.1, 0.15) is 12.4 Å². The zero-order valence-corrected chi connectivity index (χ0v) is 18.0. The van der Waals surface area contributed by atoms with Gasteiger partial charge < -0.3 is 14.6 Å². The number of aromatic nitrogens is 3. The van der Waals surface area contributed by atoms with Crippen LogP contribution in [0.5, 0.6) is 5.75 Å². The first-order valence-electron chi connectivity index (χ1n) is 9.58. The first-order chi connectivity index (χ1) is 14.0. The maximum absolute atomic E-state index is 12.3. The first-order valence-corrected chi connectivity index (χ1v) is 10.6. The normalized spacial score (nSPS) is 10.8. The Hall–Kier alpha value is -2.80. The van der Waals surface area contributed by atoms with Gasteiger partial charge in [0.15, 0.2) is 11.0 Å². The number of hydrogen-bond acceptors (Lipinski definition) is 5. The standard InChI is InChI=1S/C22H26N4O2S/c1-5-26-20(13-28-19-9-7-6-8-16(19)3)24-25-22(26)29-14-21(27)23-18-11-10-15(2)17(4)12-18/h6-12H,5,13-14H2,1-4H3,(H,23,27). The Balaban J connectivity index is 1.59. The highest BCUT2D eigenvalue weighted by atomic mass is 32.2. The molecule has 7 heteroatoms. The van der Waals surface area contributed by atoms with E-state index in [1.165, 1.54) is 17.3 Å². The molecule has 3 aromatic rings. The van der Waals surface area contributed by atoms with E-state index in [4.69, 9.17) is 4.74 Å². The van der Waals surface area contributed by atoms with Crippen molar-refractivity contribution >= 4 is 23.4 Å². The van der Waals surface area contributed by atoms with Crippen LogP contribution in [0.4, 0.5) is 5.69 Å². The van der Waals surface area contributed by atoms with Crippen molar-refractivity contribution in [2.24, 2.45) is 0 Å². The summed E-state index contributed by atoms with van der Waals surface area (Å²) >= 11 is 1.37. The fraction of sp³-hybridized carbons (Fsp3) is 0.318. The zero-order valence-electron chi connectivity index (χ0n) is 17.2. The van der Waals surface area contributed by atoms with E-state index in [0.29, 0.717) is 18.3 Å². The van der Waals surface area contributed by atoms with Crippen LogP contribution in [0.3, 0.4) is 0 Å². The van der Waals surface area contributed by atoms with Gasteiger partial charge in [-0.1, -0.05) is 36.0 Å². The lowest BCUT2D eigenvalue weighted by Gasteiger charge is -2.10. The smallest absolute Gasteiger partial charge is 0.234 e. The summed E-state index contributed by atoms with van der Waals surface area (Å²) in [6.07, 6.45) is 0. The summed E-state index contributed by atoms with van der Waals surface area (Å²) in [7, 11) is 0. The highest BCUT2D eigenvalue weighted by molar-refractivity contribution is 7.99. The van der Waals surface area contributed by atoms with Crippen molar-refractivity contribution in [1.29, 1.82) is 0 Å². The second kappa shape index (κ2) is 9.60. The Labute approximate surface area is 175 Å².